The predicted octanol–water partition coefficient (Wildman–Crippen LogP) is 3.44. The van der Waals surface area contributed by atoms with Gasteiger partial charge in [-0.1, -0.05) is 32.9 Å². The molecule has 3 heteroatoms. The SMILES string of the molecule is CC(C)(N)CCC(=O)Nc1ccc(C(C)(C)C)cc1. The van der Waals surface area contributed by atoms with Crippen LogP contribution in [-0.2, 0) is 10.2 Å². The molecule has 1 rings (SSSR count). The summed E-state index contributed by atoms with van der Waals surface area (Å²) in [6.45, 7) is 10.4. The van der Waals surface area contributed by atoms with Gasteiger partial charge in [0.15, 0.2) is 0 Å². The lowest BCUT2D eigenvalue weighted by Crippen LogP contribution is -2.33. The summed E-state index contributed by atoms with van der Waals surface area (Å²) in [5, 5.41) is 2.90. The molecule has 0 aliphatic rings. The maximum absolute atomic E-state index is 11.8. The molecule has 0 fully saturated rings. The maximum atomic E-state index is 11.8. The quantitative estimate of drug-likeness (QED) is 0.873. The summed E-state index contributed by atoms with van der Waals surface area (Å²) in [4.78, 5) is 11.8. The van der Waals surface area contributed by atoms with Crippen molar-refractivity contribution >= 4 is 11.6 Å². The Morgan fingerprint density at radius 2 is 1.63 bits per heavy atom. The van der Waals surface area contributed by atoms with Crippen molar-refractivity contribution in [2.45, 2.75) is 58.4 Å². The van der Waals surface area contributed by atoms with E-state index in [2.05, 4.69) is 38.2 Å². The molecular formula is C16H26N2O. The molecule has 1 aromatic carbocycles. The highest BCUT2D eigenvalue weighted by atomic mass is 16.1. The fourth-order valence-corrected chi connectivity index (χ4v) is 1.71. The molecule has 0 aliphatic carbocycles. The van der Waals surface area contributed by atoms with Crippen molar-refractivity contribution in [2.75, 3.05) is 5.32 Å². The molecule has 0 aliphatic heterocycles. The summed E-state index contributed by atoms with van der Waals surface area (Å²) in [5.74, 6) is 0.0158. The number of rotatable bonds is 4. The Balaban J connectivity index is 2.56. The van der Waals surface area contributed by atoms with E-state index in [1.54, 1.807) is 0 Å². The van der Waals surface area contributed by atoms with E-state index in [0.29, 0.717) is 12.8 Å². The molecule has 0 aromatic heterocycles. The summed E-state index contributed by atoms with van der Waals surface area (Å²) in [6.07, 6.45) is 1.13. The Labute approximate surface area is 116 Å². The maximum Gasteiger partial charge on any atom is 0.224 e. The van der Waals surface area contributed by atoms with Gasteiger partial charge in [0, 0.05) is 17.6 Å². The molecule has 0 heterocycles. The standard InChI is InChI=1S/C16H26N2O/c1-15(2,3)12-6-8-13(9-7-12)18-14(19)10-11-16(4,5)17/h6-9H,10-11,17H2,1-5H3,(H,18,19). The zero-order valence-corrected chi connectivity index (χ0v) is 12.7. The van der Waals surface area contributed by atoms with Crippen LogP contribution in [0.15, 0.2) is 24.3 Å². The van der Waals surface area contributed by atoms with Crippen LogP contribution in [0.25, 0.3) is 0 Å². The zero-order chi connectivity index (χ0) is 14.7. The zero-order valence-electron chi connectivity index (χ0n) is 12.7. The van der Waals surface area contributed by atoms with Crippen LogP contribution in [0.1, 0.15) is 53.0 Å². The summed E-state index contributed by atoms with van der Waals surface area (Å²) < 4.78 is 0. The van der Waals surface area contributed by atoms with Crippen molar-refractivity contribution in [2.24, 2.45) is 5.73 Å². The van der Waals surface area contributed by atoms with Gasteiger partial charge < -0.3 is 11.1 Å². The second-order valence-electron chi connectivity index (χ2n) is 6.86. The third kappa shape index (κ3) is 5.88. The van der Waals surface area contributed by atoms with Gasteiger partial charge in [-0.25, -0.2) is 0 Å². The summed E-state index contributed by atoms with van der Waals surface area (Å²) in [6, 6.07) is 8.02. The van der Waals surface area contributed by atoms with Crippen molar-refractivity contribution < 1.29 is 4.79 Å². The number of amides is 1. The predicted molar refractivity (Wildman–Crippen MR) is 81.3 cm³/mol. The number of benzene rings is 1. The van der Waals surface area contributed by atoms with Crippen molar-refractivity contribution in [3.63, 3.8) is 0 Å². The molecule has 0 atom stereocenters. The van der Waals surface area contributed by atoms with Crippen LogP contribution < -0.4 is 11.1 Å². The molecule has 1 aromatic rings. The lowest BCUT2D eigenvalue weighted by Gasteiger charge is -2.19. The summed E-state index contributed by atoms with van der Waals surface area (Å²) in [7, 11) is 0. The molecule has 0 radical (unpaired) electrons. The minimum absolute atomic E-state index is 0.0158. The Hall–Kier alpha value is -1.35. The topological polar surface area (TPSA) is 55.1 Å². The third-order valence-electron chi connectivity index (χ3n) is 3.03. The second kappa shape index (κ2) is 5.74. The first kappa shape index (κ1) is 15.7. The number of nitrogens with one attached hydrogen (secondary N) is 1. The van der Waals surface area contributed by atoms with Crippen molar-refractivity contribution in [3.05, 3.63) is 29.8 Å². The third-order valence-corrected chi connectivity index (χ3v) is 3.03. The van der Waals surface area contributed by atoms with Gasteiger partial charge in [0.1, 0.15) is 0 Å². The molecule has 0 bridgehead atoms. The van der Waals surface area contributed by atoms with Crippen LogP contribution in [-0.4, -0.2) is 11.4 Å². The second-order valence-corrected chi connectivity index (χ2v) is 6.86. The van der Waals surface area contributed by atoms with Gasteiger partial charge in [-0.3, -0.25) is 4.79 Å². The molecule has 0 saturated carbocycles. The van der Waals surface area contributed by atoms with Crippen molar-refractivity contribution in [1.82, 2.24) is 0 Å². The monoisotopic (exact) mass is 262 g/mol. The number of carbonyl (C=O) groups excluding carboxylic acids is 1. The van der Waals surface area contributed by atoms with Crippen LogP contribution in [0, 0.1) is 0 Å². The molecular weight excluding hydrogens is 236 g/mol. The highest BCUT2D eigenvalue weighted by Crippen LogP contribution is 2.23. The number of hydrogen-bond acceptors (Lipinski definition) is 2. The first-order valence-electron chi connectivity index (χ1n) is 6.77. The summed E-state index contributed by atoms with van der Waals surface area (Å²) >= 11 is 0. The number of nitrogens with two attached hydrogens (primary N) is 1. The number of anilines is 1. The normalized spacial score (nSPS) is 12.3. The molecule has 0 saturated heterocycles. The van der Waals surface area contributed by atoms with Crippen LogP contribution in [0.4, 0.5) is 5.69 Å². The van der Waals surface area contributed by atoms with E-state index in [9.17, 15) is 4.79 Å². The largest absolute Gasteiger partial charge is 0.326 e. The Bertz CT molecular complexity index is 422. The van der Waals surface area contributed by atoms with Gasteiger partial charge in [0.25, 0.3) is 0 Å². The average molecular weight is 262 g/mol. The van der Waals surface area contributed by atoms with E-state index in [1.165, 1.54) is 5.56 Å². The number of carbonyl (C=O) groups is 1. The van der Waals surface area contributed by atoms with E-state index in [0.717, 1.165) is 5.69 Å². The minimum Gasteiger partial charge on any atom is -0.326 e. The van der Waals surface area contributed by atoms with E-state index in [-0.39, 0.29) is 16.9 Å². The Morgan fingerprint density at radius 1 is 1.11 bits per heavy atom. The van der Waals surface area contributed by atoms with E-state index in [1.807, 2.05) is 26.0 Å². The molecule has 1 amide bonds. The molecule has 3 nitrogen and oxygen atoms in total. The van der Waals surface area contributed by atoms with E-state index in [4.69, 9.17) is 5.73 Å². The Morgan fingerprint density at radius 3 is 2.05 bits per heavy atom. The first-order valence-corrected chi connectivity index (χ1v) is 6.77. The fraction of sp³-hybridized carbons (Fsp3) is 0.562. The molecule has 19 heavy (non-hydrogen) atoms. The average Bonchev–Trinajstić information content (AvgIpc) is 2.25. The fourth-order valence-electron chi connectivity index (χ4n) is 1.71. The highest BCUT2D eigenvalue weighted by Gasteiger charge is 2.15. The van der Waals surface area contributed by atoms with Gasteiger partial charge >= 0.3 is 0 Å². The van der Waals surface area contributed by atoms with Gasteiger partial charge in [-0.2, -0.15) is 0 Å². The lowest BCUT2D eigenvalue weighted by molar-refractivity contribution is -0.116. The van der Waals surface area contributed by atoms with Gasteiger partial charge in [0.05, 0.1) is 0 Å². The molecule has 0 unspecified atom stereocenters. The van der Waals surface area contributed by atoms with Gasteiger partial charge in [-0.15, -0.1) is 0 Å². The van der Waals surface area contributed by atoms with Crippen LogP contribution in [0.2, 0.25) is 0 Å². The van der Waals surface area contributed by atoms with Gasteiger partial charge in [0.2, 0.25) is 5.91 Å². The summed E-state index contributed by atoms with van der Waals surface area (Å²) in [5.41, 5.74) is 7.80. The molecule has 3 N–H and O–H groups in total. The van der Waals surface area contributed by atoms with Gasteiger partial charge in [-0.05, 0) is 43.4 Å². The lowest BCUT2D eigenvalue weighted by atomic mass is 9.87. The van der Waals surface area contributed by atoms with Crippen LogP contribution in [0.3, 0.4) is 0 Å². The molecule has 106 valence electrons. The van der Waals surface area contributed by atoms with Crippen molar-refractivity contribution in [1.29, 1.82) is 0 Å². The molecule has 0 spiro atoms. The number of hydrogen-bond donors (Lipinski definition) is 2. The minimum atomic E-state index is -0.298. The highest BCUT2D eigenvalue weighted by molar-refractivity contribution is 5.90. The first-order chi connectivity index (χ1) is 8.58. The van der Waals surface area contributed by atoms with E-state index < -0.39 is 0 Å². The smallest absolute Gasteiger partial charge is 0.224 e. The van der Waals surface area contributed by atoms with Crippen LogP contribution in [0.5, 0.6) is 0 Å². The van der Waals surface area contributed by atoms with Crippen molar-refractivity contribution in [3.8, 4) is 0 Å². The Kier molecular flexibility index (Phi) is 4.75. The van der Waals surface area contributed by atoms with E-state index >= 15 is 0 Å². The van der Waals surface area contributed by atoms with Crippen LogP contribution >= 0.6 is 0 Å².